The number of nitrogens with one attached hydrogen (secondary N) is 1. The van der Waals surface area contributed by atoms with Gasteiger partial charge in [-0.15, -0.1) is 0 Å². The topological polar surface area (TPSA) is 82.5 Å². The van der Waals surface area contributed by atoms with Crippen LogP contribution in [0.4, 0.5) is 11.5 Å². The number of pyridine rings is 1. The summed E-state index contributed by atoms with van der Waals surface area (Å²) in [5.74, 6) is -0.977. The van der Waals surface area contributed by atoms with E-state index in [1.807, 2.05) is 24.8 Å². The van der Waals surface area contributed by atoms with Crippen LogP contribution in [0.25, 0.3) is 0 Å². The third-order valence-electron chi connectivity index (χ3n) is 3.45. The lowest BCUT2D eigenvalue weighted by Gasteiger charge is -2.21. The molecule has 1 aromatic heterocycles. The van der Waals surface area contributed by atoms with Gasteiger partial charge in [-0.25, -0.2) is 9.78 Å². The molecule has 0 aliphatic carbocycles. The monoisotopic (exact) mass is 313 g/mol. The predicted octanol–water partition coefficient (Wildman–Crippen LogP) is 2.88. The Bertz CT molecular complexity index is 697. The molecule has 1 aromatic carbocycles. The van der Waals surface area contributed by atoms with E-state index in [-0.39, 0.29) is 11.5 Å². The van der Waals surface area contributed by atoms with Gasteiger partial charge in [0.1, 0.15) is 11.4 Å². The summed E-state index contributed by atoms with van der Waals surface area (Å²) in [6, 6.07) is 10.2. The third-order valence-corrected chi connectivity index (χ3v) is 3.45. The summed E-state index contributed by atoms with van der Waals surface area (Å²) in [7, 11) is 0. The molecule has 0 saturated heterocycles. The minimum absolute atomic E-state index is 0.0690. The van der Waals surface area contributed by atoms with Crippen molar-refractivity contribution in [3.05, 3.63) is 53.7 Å². The van der Waals surface area contributed by atoms with Gasteiger partial charge in [0.15, 0.2) is 0 Å². The summed E-state index contributed by atoms with van der Waals surface area (Å²) < 4.78 is 0. The zero-order valence-electron chi connectivity index (χ0n) is 13.1. The lowest BCUT2D eigenvalue weighted by atomic mass is 10.2. The number of rotatable bonds is 6. The van der Waals surface area contributed by atoms with Gasteiger partial charge in [-0.3, -0.25) is 4.79 Å². The SMILES string of the molecule is CCN(CC)c1ncc(NC(=O)c2ccccc2)cc1C(=O)O. The number of carboxylic acid groups (broad SMARTS) is 1. The number of anilines is 2. The molecule has 6 nitrogen and oxygen atoms in total. The van der Waals surface area contributed by atoms with Gasteiger partial charge in [-0.1, -0.05) is 18.2 Å². The van der Waals surface area contributed by atoms with Gasteiger partial charge < -0.3 is 15.3 Å². The molecule has 2 N–H and O–H groups in total. The highest BCUT2D eigenvalue weighted by Gasteiger charge is 2.17. The Morgan fingerprint density at radius 1 is 1.17 bits per heavy atom. The van der Waals surface area contributed by atoms with Gasteiger partial charge in [0.05, 0.1) is 11.9 Å². The first-order valence-corrected chi connectivity index (χ1v) is 7.41. The number of hydrogen-bond donors (Lipinski definition) is 2. The molecule has 0 bridgehead atoms. The van der Waals surface area contributed by atoms with Gasteiger partial charge in [0.25, 0.3) is 5.91 Å². The second-order valence-corrected chi connectivity index (χ2v) is 4.89. The van der Waals surface area contributed by atoms with Crippen LogP contribution in [0.5, 0.6) is 0 Å². The van der Waals surface area contributed by atoms with Gasteiger partial charge in [-0.05, 0) is 32.0 Å². The van der Waals surface area contributed by atoms with Crippen LogP contribution in [0.2, 0.25) is 0 Å². The normalized spacial score (nSPS) is 10.2. The molecule has 0 unspecified atom stereocenters. The summed E-state index contributed by atoms with van der Waals surface area (Å²) in [4.78, 5) is 29.7. The molecule has 0 atom stereocenters. The highest BCUT2D eigenvalue weighted by atomic mass is 16.4. The first-order valence-electron chi connectivity index (χ1n) is 7.41. The molecule has 6 heteroatoms. The standard InChI is InChI=1S/C17H19N3O3/c1-3-20(4-2)15-14(17(22)23)10-13(11-18-15)19-16(21)12-8-6-5-7-9-12/h5-11H,3-4H2,1-2H3,(H,19,21)(H,22,23). The third kappa shape index (κ3) is 3.85. The number of nitrogens with zero attached hydrogens (tertiary/aromatic N) is 2. The van der Waals surface area contributed by atoms with Crippen LogP contribution in [-0.4, -0.2) is 35.1 Å². The fourth-order valence-electron chi connectivity index (χ4n) is 2.25. The van der Waals surface area contributed by atoms with Crippen LogP contribution < -0.4 is 10.2 Å². The molecule has 0 fully saturated rings. The Hall–Kier alpha value is -2.89. The molecular formula is C17H19N3O3. The predicted molar refractivity (Wildman–Crippen MR) is 89.2 cm³/mol. The van der Waals surface area contributed by atoms with Crippen molar-refractivity contribution in [3.63, 3.8) is 0 Å². The van der Waals surface area contributed by atoms with Crippen LogP contribution in [0.15, 0.2) is 42.6 Å². The molecular weight excluding hydrogens is 294 g/mol. The van der Waals surface area contributed by atoms with Gasteiger partial charge in [-0.2, -0.15) is 0 Å². The van der Waals surface area contributed by atoms with E-state index in [9.17, 15) is 14.7 Å². The van der Waals surface area contributed by atoms with E-state index < -0.39 is 5.97 Å². The summed E-state index contributed by atoms with van der Waals surface area (Å²) in [6.07, 6.45) is 1.47. The number of amides is 1. The van der Waals surface area contributed by atoms with E-state index in [0.29, 0.717) is 30.2 Å². The Morgan fingerprint density at radius 3 is 2.39 bits per heavy atom. The quantitative estimate of drug-likeness (QED) is 0.857. The van der Waals surface area contributed by atoms with Crippen LogP contribution in [-0.2, 0) is 0 Å². The number of carbonyl (C=O) groups is 2. The summed E-state index contributed by atoms with van der Waals surface area (Å²) in [5, 5.41) is 12.1. The van der Waals surface area contributed by atoms with Gasteiger partial charge in [0.2, 0.25) is 0 Å². The van der Waals surface area contributed by atoms with E-state index in [4.69, 9.17) is 0 Å². The average molecular weight is 313 g/mol. The lowest BCUT2D eigenvalue weighted by molar-refractivity contribution is 0.0697. The van der Waals surface area contributed by atoms with Gasteiger partial charge in [0, 0.05) is 18.7 Å². The Balaban J connectivity index is 2.29. The van der Waals surface area contributed by atoms with E-state index >= 15 is 0 Å². The van der Waals surface area contributed by atoms with E-state index in [0.717, 1.165) is 0 Å². The number of carbonyl (C=O) groups excluding carboxylic acids is 1. The minimum atomic E-state index is -1.07. The van der Waals surface area contributed by atoms with Crippen LogP contribution >= 0.6 is 0 Å². The van der Waals surface area contributed by atoms with E-state index in [1.54, 1.807) is 24.3 Å². The van der Waals surface area contributed by atoms with Crippen molar-refractivity contribution in [3.8, 4) is 0 Å². The molecule has 0 radical (unpaired) electrons. The zero-order valence-corrected chi connectivity index (χ0v) is 13.1. The maximum Gasteiger partial charge on any atom is 0.339 e. The summed E-state index contributed by atoms with van der Waals surface area (Å²) in [6.45, 7) is 5.17. The Labute approximate surface area is 134 Å². The number of hydrogen-bond acceptors (Lipinski definition) is 4. The average Bonchev–Trinajstić information content (AvgIpc) is 2.57. The second kappa shape index (κ2) is 7.40. The van der Waals surface area contributed by atoms with Crippen molar-refractivity contribution < 1.29 is 14.7 Å². The molecule has 2 aromatic rings. The first-order chi connectivity index (χ1) is 11.1. The first kappa shape index (κ1) is 16.5. The maximum atomic E-state index is 12.1. The molecule has 0 spiro atoms. The largest absolute Gasteiger partial charge is 0.478 e. The fourth-order valence-corrected chi connectivity index (χ4v) is 2.25. The van der Waals surface area contributed by atoms with Gasteiger partial charge >= 0.3 is 5.97 Å². The minimum Gasteiger partial charge on any atom is -0.478 e. The molecule has 0 aliphatic rings. The molecule has 23 heavy (non-hydrogen) atoms. The molecule has 1 heterocycles. The smallest absolute Gasteiger partial charge is 0.339 e. The molecule has 0 saturated carbocycles. The van der Waals surface area contributed by atoms with Crippen LogP contribution in [0.1, 0.15) is 34.6 Å². The van der Waals surface area contributed by atoms with Crippen LogP contribution in [0.3, 0.4) is 0 Å². The van der Waals surface area contributed by atoms with Crippen molar-refractivity contribution in [1.29, 1.82) is 0 Å². The van der Waals surface area contributed by atoms with Crippen LogP contribution in [0, 0.1) is 0 Å². The van der Waals surface area contributed by atoms with Crippen molar-refractivity contribution in [1.82, 2.24) is 4.98 Å². The number of aromatic nitrogens is 1. The molecule has 120 valence electrons. The van der Waals surface area contributed by atoms with Crippen molar-refractivity contribution in [2.75, 3.05) is 23.3 Å². The molecule has 1 amide bonds. The van der Waals surface area contributed by atoms with Crippen molar-refractivity contribution in [2.24, 2.45) is 0 Å². The maximum absolute atomic E-state index is 12.1. The summed E-state index contributed by atoms with van der Waals surface area (Å²) in [5.41, 5.74) is 0.920. The fraction of sp³-hybridized carbons (Fsp3) is 0.235. The zero-order chi connectivity index (χ0) is 16.8. The number of aromatic carboxylic acids is 1. The van der Waals surface area contributed by atoms with Crippen molar-refractivity contribution in [2.45, 2.75) is 13.8 Å². The summed E-state index contributed by atoms with van der Waals surface area (Å²) >= 11 is 0. The van der Waals surface area contributed by atoms with E-state index in [2.05, 4.69) is 10.3 Å². The Morgan fingerprint density at radius 2 is 1.83 bits per heavy atom. The second-order valence-electron chi connectivity index (χ2n) is 4.89. The van der Waals surface area contributed by atoms with Crippen molar-refractivity contribution >= 4 is 23.4 Å². The molecule has 2 rings (SSSR count). The molecule has 0 aliphatic heterocycles. The lowest BCUT2D eigenvalue weighted by Crippen LogP contribution is -2.25. The highest BCUT2D eigenvalue weighted by molar-refractivity contribution is 6.05. The highest BCUT2D eigenvalue weighted by Crippen LogP contribution is 2.21. The number of carboxylic acids is 1. The van der Waals surface area contributed by atoms with E-state index in [1.165, 1.54) is 12.3 Å². The number of benzene rings is 1. The Kier molecular flexibility index (Phi) is 5.30.